The van der Waals surface area contributed by atoms with Crippen LogP contribution in [-0.4, -0.2) is 42.1 Å². The minimum Gasteiger partial charge on any atom is -0.307 e. The van der Waals surface area contributed by atoms with Crippen LogP contribution in [0.3, 0.4) is 0 Å². The number of hydrogen-bond acceptors (Lipinski definition) is 3. The maximum Gasteiger partial charge on any atom is 0.0449 e. The first-order valence-corrected chi connectivity index (χ1v) is 9.10. The third-order valence-electron chi connectivity index (χ3n) is 4.08. The van der Waals surface area contributed by atoms with Gasteiger partial charge < -0.3 is 5.32 Å². The van der Waals surface area contributed by atoms with Crippen LogP contribution in [0.15, 0.2) is 30.3 Å². The van der Waals surface area contributed by atoms with Gasteiger partial charge in [-0.15, -0.1) is 0 Å². The zero-order valence-electron chi connectivity index (χ0n) is 12.8. The van der Waals surface area contributed by atoms with E-state index < -0.39 is 0 Å². The SMILES string of the molecule is CCCC1CNC(c2ccccc2)CN1CCSCC. The number of hydrogen-bond donors (Lipinski definition) is 1. The van der Waals surface area contributed by atoms with Gasteiger partial charge in [-0.1, -0.05) is 50.6 Å². The molecular formula is C17H28N2S. The van der Waals surface area contributed by atoms with Crippen LogP contribution in [0.2, 0.25) is 0 Å². The van der Waals surface area contributed by atoms with E-state index in [0.29, 0.717) is 6.04 Å². The van der Waals surface area contributed by atoms with E-state index in [1.54, 1.807) is 0 Å². The quantitative estimate of drug-likeness (QED) is 0.774. The Bertz CT molecular complexity index is 369. The highest BCUT2D eigenvalue weighted by molar-refractivity contribution is 7.99. The normalized spacial score (nSPS) is 23.9. The minimum atomic E-state index is 0.496. The third kappa shape index (κ3) is 4.51. The highest BCUT2D eigenvalue weighted by Gasteiger charge is 2.27. The summed E-state index contributed by atoms with van der Waals surface area (Å²) in [7, 11) is 0. The van der Waals surface area contributed by atoms with Crippen molar-refractivity contribution in [3.63, 3.8) is 0 Å². The molecular weight excluding hydrogens is 264 g/mol. The molecule has 1 heterocycles. The van der Waals surface area contributed by atoms with Crippen molar-refractivity contribution in [1.82, 2.24) is 10.2 Å². The molecule has 0 amide bonds. The maximum atomic E-state index is 3.74. The summed E-state index contributed by atoms with van der Waals surface area (Å²) in [6.07, 6.45) is 2.59. The van der Waals surface area contributed by atoms with Gasteiger partial charge in [0.05, 0.1) is 0 Å². The van der Waals surface area contributed by atoms with Crippen LogP contribution in [0.25, 0.3) is 0 Å². The second-order valence-corrected chi connectivity index (χ2v) is 6.90. The smallest absolute Gasteiger partial charge is 0.0449 e. The molecule has 0 radical (unpaired) electrons. The molecule has 0 bridgehead atoms. The zero-order chi connectivity index (χ0) is 14.2. The van der Waals surface area contributed by atoms with Gasteiger partial charge in [-0.3, -0.25) is 4.90 Å². The Morgan fingerprint density at radius 3 is 2.75 bits per heavy atom. The van der Waals surface area contributed by atoms with Gasteiger partial charge in [0.2, 0.25) is 0 Å². The lowest BCUT2D eigenvalue weighted by Crippen LogP contribution is -2.53. The van der Waals surface area contributed by atoms with Crippen LogP contribution >= 0.6 is 11.8 Å². The summed E-state index contributed by atoms with van der Waals surface area (Å²) in [5, 5.41) is 3.74. The van der Waals surface area contributed by atoms with Crippen molar-refractivity contribution < 1.29 is 0 Å². The van der Waals surface area contributed by atoms with Crippen molar-refractivity contribution in [1.29, 1.82) is 0 Å². The van der Waals surface area contributed by atoms with Crippen LogP contribution in [0.4, 0.5) is 0 Å². The molecule has 1 fully saturated rings. The summed E-state index contributed by atoms with van der Waals surface area (Å²) in [5.74, 6) is 2.49. The van der Waals surface area contributed by atoms with Crippen molar-refractivity contribution in [3.8, 4) is 0 Å². The van der Waals surface area contributed by atoms with Crippen LogP contribution in [0.1, 0.15) is 38.3 Å². The molecule has 1 aromatic carbocycles. The summed E-state index contributed by atoms with van der Waals surface area (Å²) < 4.78 is 0. The monoisotopic (exact) mass is 292 g/mol. The maximum absolute atomic E-state index is 3.74. The Morgan fingerprint density at radius 1 is 1.25 bits per heavy atom. The molecule has 0 aliphatic carbocycles. The molecule has 3 heteroatoms. The Hall–Kier alpha value is -0.510. The molecule has 1 aliphatic rings. The number of benzene rings is 1. The molecule has 0 aromatic heterocycles. The molecule has 2 nitrogen and oxygen atoms in total. The fourth-order valence-electron chi connectivity index (χ4n) is 2.98. The predicted octanol–water partition coefficient (Wildman–Crippen LogP) is 3.55. The first-order chi connectivity index (χ1) is 9.85. The predicted molar refractivity (Wildman–Crippen MR) is 90.5 cm³/mol. The summed E-state index contributed by atoms with van der Waals surface area (Å²) >= 11 is 2.06. The van der Waals surface area contributed by atoms with Gasteiger partial charge in [0.1, 0.15) is 0 Å². The summed E-state index contributed by atoms with van der Waals surface area (Å²) in [6.45, 7) is 8.05. The average Bonchev–Trinajstić information content (AvgIpc) is 2.50. The van der Waals surface area contributed by atoms with Crippen LogP contribution in [0, 0.1) is 0 Å². The molecule has 2 rings (SSSR count). The van der Waals surface area contributed by atoms with Crippen LogP contribution in [0.5, 0.6) is 0 Å². The van der Waals surface area contributed by atoms with Gasteiger partial charge >= 0.3 is 0 Å². The van der Waals surface area contributed by atoms with E-state index >= 15 is 0 Å². The molecule has 0 saturated carbocycles. The molecule has 2 unspecified atom stereocenters. The second-order valence-electron chi connectivity index (χ2n) is 5.51. The van der Waals surface area contributed by atoms with E-state index in [-0.39, 0.29) is 0 Å². The Balaban J connectivity index is 1.95. The van der Waals surface area contributed by atoms with Crippen molar-refractivity contribution in [2.75, 3.05) is 31.1 Å². The van der Waals surface area contributed by atoms with Gasteiger partial charge in [-0.2, -0.15) is 11.8 Å². The number of rotatable bonds is 7. The van der Waals surface area contributed by atoms with E-state index in [9.17, 15) is 0 Å². The highest BCUT2D eigenvalue weighted by atomic mass is 32.2. The standard InChI is InChI=1S/C17H28N2S/c1-3-8-16-13-18-17(15-9-6-5-7-10-15)14-19(16)11-12-20-4-2/h5-7,9-10,16-18H,3-4,8,11-14H2,1-2H3. The van der Waals surface area contributed by atoms with Gasteiger partial charge in [-0.05, 0) is 17.7 Å². The van der Waals surface area contributed by atoms with E-state index in [1.807, 2.05) is 0 Å². The van der Waals surface area contributed by atoms with Crippen molar-refractivity contribution in [2.45, 2.75) is 38.8 Å². The van der Waals surface area contributed by atoms with Crippen molar-refractivity contribution in [3.05, 3.63) is 35.9 Å². The minimum absolute atomic E-state index is 0.496. The molecule has 1 N–H and O–H groups in total. The first kappa shape index (κ1) is 15.9. The van der Waals surface area contributed by atoms with Crippen LogP contribution < -0.4 is 5.32 Å². The highest BCUT2D eigenvalue weighted by Crippen LogP contribution is 2.22. The molecule has 2 atom stereocenters. The van der Waals surface area contributed by atoms with E-state index in [4.69, 9.17) is 0 Å². The van der Waals surface area contributed by atoms with Gasteiger partial charge in [-0.25, -0.2) is 0 Å². The van der Waals surface area contributed by atoms with Gasteiger partial charge in [0.15, 0.2) is 0 Å². The number of piperazine rings is 1. The topological polar surface area (TPSA) is 15.3 Å². The summed E-state index contributed by atoms with van der Waals surface area (Å²) in [5.41, 5.74) is 1.43. The van der Waals surface area contributed by atoms with Crippen molar-refractivity contribution in [2.24, 2.45) is 0 Å². The number of nitrogens with one attached hydrogen (secondary N) is 1. The van der Waals surface area contributed by atoms with Gasteiger partial charge in [0.25, 0.3) is 0 Å². The molecule has 1 saturated heterocycles. The summed E-state index contributed by atoms with van der Waals surface area (Å²) in [4.78, 5) is 2.71. The zero-order valence-corrected chi connectivity index (χ0v) is 13.7. The van der Waals surface area contributed by atoms with Crippen LogP contribution in [-0.2, 0) is 0 Å². The third-order valence-corrected chi connectivity index (χ3v) is 4.96. The number of thioether (sulfide) groups is 1. The van der Waals surface area contributed by atoms with E-state index in [2.05, 4.69) is 66.2 Å². The first-order valence-electron chi connectivity index (χ1n) is 7.95. The lowest BCUT2D eigenvalue weighted by Gasteiger charge is -2.40. The largest absolute Gasteiger partial charge is 0.307 e. The number of nitrogens with zero attached hydrogens (tertiary/aromatic N) is 1. The molecule has 20 heavy (non-hydrogen) atoms. The second kappa shape index (κ2) is 8.71. The average molecular weight is 292 g/mol. The fourth-order valence-corrected chi connectivity index (χ4v) is 3.63. The molecule has 1 aromatic rings. The fraction of sp³-hybridized carbons (Fsp3) is 0.647. The van der Waals surface area contributed by atoms with E-state index in [1.165, 1.54) is 36.5 Å². The molecule has 112 valence electrons. The lowest BCUT2D eigenvalue weighted by molar-refractivity contribution is 0.131. The Kier molecular flexibility index (Phi) is 6.91. The molecule has 1 aliphatic heterocycles. The molecule has 0 spiro atoms. The Labute approximate surface area is 128 Å². The van der Waals surface area contributed by atoms with Crippen molar-refractivity contribution >= 4 is 11.8 Å². The van der Waals surface area contributed by atoms with Gasteiger partial charge in [0, 0.05) is 37.5 Å². The lowest BCUT2D eigenvalue weighted by atomic mass is 10.00. The summed E-state index contributed by atoms with van der Waals surface area (Å²) in [6, 6.07) is 12.1. The van der Waals surface area contributed by atoms with E-state index in [0.717, 1.165) is 19.1 Å². The Morgan fingerprint density at radius 2 is 2.05 bits per heavy atom.